The second-order valence-corrected chi connectivity index (χ2v) is 5.21. The van der Waals surface area contributed by atoms with E-state index in [0.717, 1.165) is 11.6 Å². The third-order valence-corrected chi connectivity index (χ3v) is 3.78. The van der Waals surface area contributed by atoms with Crippen molar-refractivity contribution < 1.29 is 4.58 Å². The van der Waals surface area contributed by atoms with Crippen molar-refractivity contribution in [2.45, 2.75) is 26.2 Å². The lowest BCUT2D eigenvalue weighted by atomic mass is 9.82. The first-order chi connectivity index (χ1) is 7.48. The Hall–Kier alpha value is -1.08. The van der Waals surface area contributed by atoms with Crippen LogP contribution in [0.15, 0.2) is 30.9 Å². The summed E-state index contributed by atoms with van der Waals surface area (Å²) in [5.41, 5.74) is 3.97. The topological polar surface area (TPSA) is 3.01 Å². The van der Waals surface area contributed by atoms with Crippen LogP contribution in [-0.4, -0.2) is 16.8 Å². The van der Waals surface area contributed by atoms with E-state index in [0.29, 0.717) is 0 Å². The van der Waals surface area contributed by atoms with Gasteiger partial charge in [0.2, 0.25) is 5.69 Å². The molecule has 0 atom stereocenters. The third-order valence-electron chi connectivity index (χ3n) is 3.54. The fourth-order valence-corrected chi connectivity index (χ4v) is 2.49. The standard InChI is InChI=1S/C14H17ClN/c1-5-8-16-10(2)14(3,4)12-9-11(15)6-7-13(12)16/h5-7,9H,1,8H2,2-4H3/q+1. The first-order valence-corrected chi connectivity index (χ1v) is 5.88. The van der Waals surface area contributed by atoms with Crippen molar-refractivity contribution in [2.75, 3.05) is 6.54 Å². The SMILES string of the molecule is C=CC[N+]1=C(C)C(C)(C)c2cc(Cl)ccc21. The largest absolute Gasteiger partial charge is 0.209 e. The van der Waals surface area contributed by atoms with E-state index in [2.05, 4.69) is 44.1 Å². The molecule has 0 radical (unpaired) electrons. The fraction of sp³-hybridized carbons (Fsp3) is 0.357. The van der Waals surface area contributed by atoms with Gasteiger partial charge >= 0.3 is 0 Å². The number of hydrogen-bond acceptors (Lipinski definition) is 0. The minimum Gasteiger partial charge on any atom is -0.195 e. The van der Waals surface area contributed by atoms with Crippen molar-refractivity contribution in [3.05, 3.63) is 41.4 Å². The molecule has 1 aliphatic rings. The molecule has 0 saturated carbocycles. The molecule has 0 fully saturated rings. The van der Waals surface area contributed by atoms with Gasteiger partial charge in [-0.1, -0.05) is 18.2 Å². The Morgan fingerprint density at radius 3 is 2.75 bits per heavy atom. The van der Waals surface area contributed by atoms with Crippen LogP contribution in [-0.2, 0) is 5.41 Å². The van der Waals surface area contributed by atoms with Crippen LogP contribution in [0.4, 0.5) is 5.69 Å². The Bertz CT molecular complexity index is 484. The Labute approximate surface area is 102 Å². The molecule has 1 nitrogen and oxygen atoms in total. The molecule has 0 aromatic heterocycles. The van der Waals surface area contributed by atoms with Crippen LogP contribution in [0.1, 0.15) is 26.3 Å². The molecule has 16 heavy (non-hydrogen) atoms. The van der Waals surface area contributed by atoms with Gasteiger partial charge in [0.05, 0.1) is 5.41 Å². The van der Waals surface area contributed by atoms with Crippen molar-refractivity contribution in [1.82, 2.24) is 0 Å². The molecule has 0 bridgehead atoms. The second-order valence-electron chi connectivity index (χ2n) is 4.77. The van der Waals surface area contributed by atoms with Crippen molar-refractivity contribution in [3.8, 4) is 0 Å². The van der Waals surface area contributed by atoms with Gasteiger partial charge in [0, 0.05) is 23.6 Å². The molecule has 1 aliphatic heterocycles. The van der Waals surface area contributed by atoms with E-state index in [-0.39, 0.29) is 5.41 Å². The molecule has 2 rings (SSSR count). The molecule has 84 valence electrons. The summed E-state index contributed by atoms with van der Waals surface area (Å²) in [5.74, 6) is 0. The van der Waals surface area contributed by atoms with Crippen LogP contribution in [0.3, 0.4) is 0 Å². The van der Waals surface area contributed by atoms with E-state index < -0.39 is 0 Å². The molecular formula is C14H17ClN+. The highest BCUT2D eigenvalue weighted by atomic mass is 35.5. The molecule has 0 N–H and O–H groups in total. The van der Waals surface area contributed by atoms with Crippen LogP contribution in [0, 0.1) is 0 Å². The fourth-order valence-electron chi connectivity index (χ4n) is 2.32. The molecule has 1 heterocycles. The number of nitrogens with zero attached hydrogens (tertiary/aromatic N) is 1. The van der Waals surface area contributed by atoms with E-state index in [4.69, 9.17) is 11.6 Å². The monoisotopic (exact) mass is 234 g/mol. The predicted octanol–water partition coefficient (Wildman–Crippen LogP) is 3.92. The number of hydrogen-bond donors (Lipinski definition) is 0. The van der Waals surface area contributed by atoms with Crippen molar-refractivity contribution in [2.24, 2.45) is 0 Å². The number of rotatable bonds is 2. The highest BCUT2D eigenvalue weighted by Crippen LogP contribution is 2.40. The van der Waals surface area contributed by atoms with E-state index in [1.807, 2.05) is 12.1 Å². The van der Waals surface area contributed by atoms with Crippen LogP contribution in [0.25, 0.3) is 0 Å². The van der Waals surface area contributed by atoms with E-state index in [1.165, 1.54) is 17.0 Å². The van der Waals surface area contributed by atoms with Gasteiger partial charge in [0.25, 0.3) is 0 Å². The normalized spacial score (nSPS) is 17.5. The highest BCUT2D eigenvalue weighted by Gasteiger charge is 2.42. The zero-order chi connectivity index (χ0) is 11.9. The second kappa shape index (κ2) is 3.74. The van der Waals surface area contributed by atoms with Gasteiger partial charge in [-0.3, -0.25) is 0 Å². The molecule has 0 amide bonds. The summed E-state index contributed by atoms with van der Waals surface area (Å²) in [6.45, 7) is 11.3. The lowest BCUT2D eigenvalue weighted by molar-refractivity contribution is -0.426. The number of halogens is 1. The van der Waals surface area contributed by atoms with Gasteiger partial charge in [-0.05, 0) is 32.1 Å². The lowest BCUT2D eigenvalue weighted by Gasteiger charge is -2.14. The van der Waals surface area contributed by atoms with Crippen LogP contribution in [0.5, 0.6) is 0 Å². The molecule has 2 heteroatoms. The Morgan fingerprint density at radius 1 is 1.44 bits per heavy atom. The Morgan fingerprint density at radius 2 is 2.12 bits per heavy atom. The molecule has 0 aliphatic carbocycles. The molecule has 1 aromatic rings. The quantitative estimate of drug-likeness (QED) is 0.539. The van der Waals surface area contributed by atoms with Crippen LogP contribution >= 0.6 is 11.6 Å². The molecular weight excluding hydrogens is 218 g/mol. The zero-order valence-corrected chi connectivity index (χ0v) is 10.8. The Balaban J connectivity index is 2.66. The first kappa shape index (κ1) is 11.4. The molecule has 0 saturated heterocycles. The highest BCUT2D eigenvalue weighted by molar-refractivity contribution is 6.30. The lowest BCUT2D eigenvalue weighted by Crippen LogP contribution is -2.26. The summed E-state index contributed by atoms with van der Waals surface area (Å²) in [7, 11) is 0. The minimum atomic E-state index is 0.0588. The molecule has 1 aromatic carbocycles. The summed E-state index contributed by atoms with van der Waals surface area (Å²) in [5, 5.41) is 0.806. The van der Waals surface area contributed by atoms with E-state index in [1.54, 1.807) is 0 Å². The predicted molar refractivity (Wildman–Crippen MR) is 70.1 cm³/mol. The maximum absolute atomic E-state index is 6.08. The summed E-state index contributed by atoms with van der Waals surface area (Å²) < 4.78 is 2.30. The number of benzene rings is 1. The average Bonchev–Trinajstić information content (AvgIpc) is 2.41. The summed E-state index contributed by atoms with van der Waals surface area (Å²) in [6.07, 6.45) is 1.93. The van der Waals surface area contributed by atoms with Gasteiger partial charge < -0.3 is 0 Å². The van der Waals surface area contributed by atoms with Gasteiger partial charge in [-0.25, -0.2) is 0 Å². The van der Waals surface area contributed by atoms with Gasteiger partial charge in [0.1, 0.15) is 0 Å². The van der Waals surface area contributed by atoms with Crippen molar-refractivity contribution >= 4 is 23.0 Å². The Kier molecular flexibility index (Phi) is 2.67. The van der Waals surface area contributed by atoms with Crippen molar-refractivity contribution in [1.29, 1.82) is 0 Å². The van der Waals surface area contributed by atoms with Gasteiger partial charge in [-0.2, -0.15) is 4.58 Å². The van der Waals surface area contributed by atoms with E-state index >= 15 is 0 Å². The number of fused-ring (bicyclic) bond motifs is 1. The molecule has 0 unspecified atom stereocenters. The van der Waals surface area contributed by atoms with E-state index in [9.17, 15) is 0 Å². The zero-order valence-electron chi connectivity index (χ0n) is 10.0. The van der Waals surface area contributed by atoms with Gasteiger partial charge in [0.15, 0.2) is 12.3 Å². The van der Waals surface area contributed by atoms with Crippen molar-refractivity contribution in [3.63, 3.8) is 0 Å². The summed E-state index contributed by atoms with van der Waals surface area (Å²) in [4.78, 5) is 0. The average molecular weight is 235 g/mol. The van der Waals surface area contributed by atoms with Gasteiger partial charge in [-0.15, -0.1) is 0 Å². The third kappa shape index (κ3) is 1.51. The molecule has 0 spiro atoms. The maximum atomic E-state index is 6.08. The van der Waals surface area contributed by atoms with Crippen LogP contribution in [0.2, 0.25) is 5.02 Å². The summed E-state index contributed by atoms with van der Waals surface area (Å²) >= 11 is 6.08. The first-order valence-electron chi connectivity index (χ1n) is 5.51. The smallest absolute Gasteiger partial charge is 0.195 e. The van der Waals surface area contributed by atoms with Crippen LogP contribution < -0.4 is 0 Å². The minimum absolute atomic E-state index is 0.0588. The maximum Gasteiger partial charge on any atom is 0.209 e. The summed E-state index contributed by atoms with van der Waals surface area (Å²) in [6, 6.07) is 6.12.